The van der Waals surface area contributed by atoms with Crippen LogP contribution in [0.3, 0.4) is 0 Å². The third-order valence-corrected chi connectivity index (χ3v) is 6.56. The van der Waals surface area contributed by atoms with Crippen LogP contribution < -0.4 is 5.32 Å². The van der Waals surface area contributed by atoms with E-state index in [9.17, 15) is 0 Å². The average molecular weight is 405 g/mol. The van der Waals surface area contributed by atoms with Gasteiger partial charge in [0.1, 0.15) is 17.0 Å². The number of anilines is 1. The van der Waals surface area contributed by atoms with Gasteiger partial charge in [0.15, 0.2) is 0 Å². The molecule has 0 bridgehead atoms. The van der Waals surface area contributed by atoms with E-state index >= 15 is 0 Å². The first-order valence-corrected chi connectivity index (χ1v) is 11.1. The molecule has 0 aliphatic heterocycles. The Morgan fingerprint density at radius 1 is 1.10 bits per heavy atom. The SMILES string of the molecule is CCOCCCNc1ncnc2c1sc1nc(-c3ccccc3)c3c(c12)CCC3. The van der Waals surface area contributed by atoms with Crippen LogP contribution in [0, 0.1) is 0 Å². The molecule has 3 heterocycles. The van der Waals surface area contributed by atoms with Crippen LogP contribution in [0.4, 0.5) is 5.82 Å². The van der Waals surface area contributed by atoms with Crippen molar-refractivity contribution in [1.29, 1.82) is 0 Å². The van der Waals surface area contributed by atoms with Gasteiger partial charge in [0, 0.05) is 30.7 Å². The number of thiophene rings is 1. The van der Waals surface area contributed by atoms with E-state index in [2.05, 4.69) is 45.6 Å². The molecular formula is C23H24N4OS. The second-order valence-corrected chi connectivity index (χ2v) is 8.30. The minimum atomic E-state index is 0.759. The monoisotopic (exact) mass is 404 g/mol. The van der Waals surface area contributed by atoms with Gasteiger partial charge < -0.3 is 10.1 Å². The van der Waals surface area contributed by atoms with Gasteiger partial charge in [-0.15, -0.1) is 11.3 Å². The maximum atomic E-state index is 5.43. The van der Waals surface area contributed by atoms with E-state index in [1.807, 2.05) is 6.92 Å². The quantitative estimate of drug-likeness (QED) is 0.427. The third kappa shape index (κ3) is 3.36. The molecule has 4 aromatic rings. The highest BCUT2D eigenvalue weighted by Crippen LogP contribution is 2.43. The number of pyridine rings is 1. The summed E-state index contributed by atoms with van der Waals surface area (Å²) in [6, 6.07) is 10.5. The number of hydrogen-bond acceptors (Lipinski definition) is 6. The van der Waals surface area contributed by atoms with Gasteiger partial charge in [-0.1, -0.05) is 30.3 Å². The molecule has 5 nitrogen and oxygen atoms in total. The molecule has 0 unspecified atom stereocenters. The van der Waals surface area contributed by atoms with Crippen LogP contribution in [0.1, 0.15) is 30.9 Å². The van der Waals surface area contributed by atoms with E-state index in [4.69, 9.17) is 9.72 Å². The van der Waals surface area contributed by atoms with Crippen molar-refractivity contribution in [3.8, 4) is 11.3 Å². The highest BCUT2D eigenvalue weighted by Gasteiger charge is 2.24. The Kier molecular flexibility index (Phi) is 5.12. The highest BCUT2D eigenvalue weighted by molar-refractivity contribution is 7.26. The topological polar surface area (TPSA) is 59.9 Å². The number of aromatic nitrogens is 3. The van der Waals surface area contributed by atoms with Crippen LogP contribution in [0.25, 0.3) is 31.7 Å². The van der Waals surface area contributed by atoms with Crippen molar-refractivity contribution in [2.75, 3.05) is 25.1 Å². The Hall–Kier alpha value is -2.57. The molecule has 0 saturated heterocycles. The molecule has 0 radical (unpaired) electrons. The maximum absolute atomic E-state index is 5.43. The molecule has 5 rings (SSSR count). The molecule has 29 heavy (non-hydrogen) atoms. The van der Waals surface area contributed by atoms with E-state index in [-0.39, 0.29) is 0 Å². The molecule has 0 atom stereocenters. The third-order valence-electron chi connectivity index (χ3n) is 5.48. The van der Waals surface area contributed by atoms with Crippen molar-refractivity contribution in [2.45, 2.75) is 32.6 Å². The Balaban J connectivity index is 1.60. The molecule has 1 N–H and O–H groups in total. The molecule has 1 aliphatic rings. The Morgan fingerprint density at radius 2 is 1.97 bits per heavy atom. The van der Waals surface area contributed by atoms with Crippen LogP contribution in [0.2, 0.25) is 0 Å². The van der Waals surface area contributed by atoms with Gasteiger partial charge in [0.25, 0.3) is 0 Å². The zero-order valence-corrected chi connectivity index (χ0v) is 17.4. The molecule has 0 spiro atoms. The summed E-state index contributed by atoms with van der Waals surface area (Å²) in [5.41, 5.74) is 6.20. The van der Waals surface area contributed by atoms with Gasteiger partial charge in [-0.05, 0) is 43.7 Å². The van der Waals surface area contributed by atoms with Crippen LogP contribution in [0.5, 0.6) is 0 Å². The highest BCUT2D eigenvalue weighted by atomic mass is 32.1. The zero-order chi connectivity index (χ0) is 19.6. The van der Waals surface area contributed by atoms with E-state index in [1.165, 1.54) is 28.5 Å². The van der Waals surface area contributed by atoms with Crippen LogP contribution in [0.15, 0.2) is 36.7 Å². The normalized spacial score (nSPS) is 13.3. The van der Waals surface area contributed by atoms with Gasteiger partial charge in [0.05, 0.1) is 15.9 Å². The predicted octanol–water partition coefficient (Wildman–Crippen LogP) is 5.23. The van der Waals surface area contributed by atoms with Gasteiger partial charge in [-0.2, -0.15) is 0 Å². The number of hydrogen-bond donors (Lipinski definition) is 1. The molecule has 0 fully saturated rings. The predicted molar refractivity (Wildman–Crippen MR) is 120 cm³/mol. The van der Waals surface area contributed by atoms with E-state index < -0.39 is 0 Å². The lowest BCUT2D eigenvalue weighted by Crippen LogP contribution is -2.07. The summed E-state index contributed by atoms with van der Waals surface area (Å²) in [4.78, 5) is 15.4. The summed E-state index contributed by atoms with van der Waals surface area (Å²) in [6.45, 7) is 4.38. The summed E-state index contributed by atoms with van der Waals surface area (Å²) in [5, 5.41) is 4.71. The lowest BCUT2D eigenvalue weighted by Gasteiger charge is -2.09. The van der Waals surface area contributed by atoms with Gasteiger partial charge >= 0.3 is 0 Å². The lowest BCUT2D eigenvalue weighted by molar-refractivity contribution is 0.147. The van der Waals surface area contributed by atoms with Crippen molar-refractivity contribution >= 4 is 37.6 Å². The van der Waals surface area contributed by atoms with Crippen molar-refractivity contribution in [3.63, 3.8) is 0 Å². The molecule has 1 aromatic carbocycles. The molecule has 0 amide bonds. The van der Waals surface area contributed by atoms with Crippen LogP contribution >= 0.6 is 11.3 Å². The number of ether oxygens (including phenoxy) is 1. The summed E-state index contributed by atoms with van der Waals surface area (Å²) in [7, 11) is 0. The largest absolute Gasteiger partial charge is 0.382 e. The summed E-state index contributed by atoms with van der Waals surface area (Å²) >= 11 is 1.70. The number of fused-ring (bicyclic) bond motifs is 5. The first kappa shape index (κ1) is 18.5. The van der Waals surface area contributed by atoms with E-state index in [0.29, 0.717) is 0 Å². The molecule has 6 heteroatoms. The minimum absolute atomic E-state index is 0.759. The minimum Gasteiger partial charge on any atom is -0.382 e. The van der Waals surface area contributed by atoms with Crippen LogP contribution in [-0.4, -0.2) is 34.7 Å². The maximum Gasteiger partial charge on any atom is 0.147 e. The Morgan fingerprint density at radius 3 is 2.83 bits per heavy atom. The molecule has 148 valence electrons. The molecule has 3 aromatic heterocycles. The second kappa shape index (κ2) is 8.05. The first-order chi connectivity index (χ1) is 14.4. The fourth-order valence-corrected chi connectivity index (χ4v) is 5.31. The van der Waals surface area contributed by atoms with Gasteiger partial charge in [-0.3, -0.25) is 0 Å². The standard InChI is InChI=1S/C23H24N4OS/c1-2-28-13-7-12-24-22-21-20(25-14-26-22)18-16-10-6-11-17(16)19(27-23(18)29-21)15-8-4-3-5-9-15/h3-5,8-9,14H,2,6-7,10-13H2,1H3,(H,24,25,26). The van der Waals surface area contributed by atoms with Crippen molar-refractivity contribution in [2.24, 2.45) is 0 Å². The Labute approximate surface area is 174 Å². The Bertz CT molecular complexity index is 1160. The number of benzene rings is 1. The number of nitrogens with one attached hydrogen (secondary N) is 1. The lowest BCUT2D eigenvalue weighted by atomic mass is 10.0. The fourth-order valence-electron chi connectivity index (χ4n) is 4.18. The second-order valence-electron chi connectivity index (χ2n) is 7.30. The summed E-state index contributed by atoms with van der Waals surface area (Å²) in [5.74, 6) is 0.905. The molecule has 1 aliphatic carbocycles. The number of rotatable bonds is 7. The van der Waals surface area contributed by atoms with Crippen LogP contribution in [-0.2, 0) is 17.6 Å². The number of nitrogens with zero attached hydrogens (tertiary/aromatic N) is 3. The molecular weight excluding hydrogens is 380 g/mol. The summed E-state index contributed by atoms with van der Waals surface area (Å²) in [6.07, 6.45) is 6.00. The van der Waals surface area contributed by atoms with E-state index in [1.54, 1.807) is 17.7 Å². The van der Waals surface area contributed by atoms with Gasteiger partial charge in [0.2, 0.25) is 0 Å². The van der Waals surface area contributed by atoms with Crippen molar-refractivity contribution < 1.29 is 4.74 Å². The van der Waals surface area contributed by atoms with Crippen molar-refractivity contribution in [3.05, 3.63) is 47.8 Å². The van der Waals surface area contributed by atoms with Gasteiger partial charge in [-0.25, -0.2) is 15.0 Å². The average Bonchev–Trinajstić information content (AvgIpc) is 3.38. The fraction of sp³-hybridized carbons (Fsp3) is 0.348. The molecule has 0 saturated carbocycles. The van der Waals surface area contributed by atoms with E-state index in [0.717, 1.165) is 65.6 Å². The zero-order valence-electron chi connectivity index (χ0n) is 16.6. The summed E-state index contributed by atoms with van der Waals surface area (Å²) < 4.78 is 6.53. The smallest absolute Gasteiger partial charge is 0.147 e. The van der Waals surface area contributed by atoms with Crippen molar-refractivity contribution in [1.82, 2.24) is 15.0 Å². The number of aryl methyl sites for hydroxylation is 1. The first-order valence-electron chi connectivity index (χ1n) is 10.3.